The Morgan fingerprint density at radius 3 is 2.44 bits per heavy atom. The third kappa shape index (κ3) is 3.63. The number of furan rings is 1. The predicted molar refractivity (Wildman–Crippen MR) is 97.3 cm³/mol. The van der Waals surface area contributed by atoms with Crippen molar-refractivity contribution in [3.8, 4) is 11.5 Å². The minimum atomic E-state index is -1.05. The van der Waals surface area contributed by atoms with E-state index in [1.54, 1.807) is 14.0 Å². The molecule has 1 aromatic heterocycles. The maximum absolute atomic E-state index is 13.1. The minimum Gasteiger partial charge on any atom is -0.486 e. The summed E-state index contributed by atoms with van der Waals surface area (Å²) in [5, 5.41) is 9.13. The Kier molecular flexibility index (Phi) is 4.87. The van der Waals surface area contributed by atoms with Crippen molar-refractivity contribution in [2.75, 3.05) is 20.3 Å². The number of hydrogen-bond acceptors (Lipinski definition) is 5. The number of ether oxygens (including phenoxy) is 2. The number of carboxylic acids is 1. The van der Waals surface area contributed by atoms with E-state index in [0.717, 1.165) is 5.56 Å². The van der Waals surface area contributed by atoms with Crippen LogP contribution in [0.1, 0.15) is 41.3 Å². The van der Waals surface area contributed by atoms with Gasteiger partial charge in [-0.15, -0.1) is 0 Å². The standard InChI is InChI=1S/C20H23NO6/c1-12-15(18(22)23)10-14(27-12)11-21(4)19(24)20(2,3)13-5-6-16-17(9-13)26-8-7-25-16/h5-6,9-10H,7-8,11H2,1-4H3,(H,22,23). The number of rotatable bonds is 5. The summed E-state index contributed by atoms with van der Waals surface area (Å²) in [6.07, 6.45) is 0. The molecule has 7 heteroatoms. The lowest BCUT2D eigenvalue weighted by Gasteiger charge is -2.30. The van der Waals surface area contributed by atoms with E-state index in [1.165, 1.54) is 11.0 Å². The number of amides is 1. The molecule has 3 rings (SSSR count). The van der Waals surface area contributed by atoms with E-state index in [9.17, 15) is 9.59 Å². The summed E-state index contributed by atoms with van der Waals surface area (Å²) in [4.78, 5) is 25.7. The Hall–Kier alpha value is -2.96. The number of aromatic carboxylic acids is 1. The molecule has 144 valence electrons. The highest BCUT2D eigenvalue weighted by Crippen LogP contribution is 2.36. The van der Waals surface area contributed by atoms with Crippen LogP contribution in [-0.4, -0.2) is 42.1 Å². The molecule has 0 fully saturated rings. The highest BCUT2D eigenvalue weighted by Gasteiger charge is 2.34. The van der Waals surface area contributed by atoms with Crippen molar-refractivity contribution in [3.05, 3.63) is 46.9 Å². The van der Waals surface area contributed by atoms with E-state index in [-0.39, 0.29) is 18.0 Å². The van der Waals surface area contributed by atoms with Crippen molar-refractivity contribution in [1.29, 1.82) is 0 Å². The van der Waals surface area contributed by atoms with Crippen LogP contribution in [0.2, 0.25) is 0 Å². The zero-order valence-corrected chi connectivity index (χ0v) is 15.9. The molecule has 1 aliphatic rings. The van der Waals surface area contributed by atoms with Gasteiger partial charge in [-0.1, -0.05) is 6.07 Å². The first-order valence-corrected chi connectivity index (χ1v) is 8.68. The van der Waals surface area contributed by atoms with E-state index in [4.69, 9.17) is 19.0 Å². The molecule has 7 nitrogen and oxygen atoms in total. The molecule has 1 aromatic carbocycles. The number of nitrogens with zero attached hydrogens (tertiary/aromatic N) is 1. The van der Waals surface area contributed by atoms with Crippen molar-refractivity contribution in [2.45, 2.75) is 32.7 Å². The van der Waals surface area contributed by atoms with Crippen LogP contribution < -0.4 is 9.47 Å². The van der Waals surface area contributed by atoms with Gasteiger partial charge in [0.2, 0.25) is 5.91 Å². The van der Waals surface area contributed by atoms with Crippen LogP contribution in [0.25, 0.3) is 0 Å². The van der Waals surface area contributed by atoms with Gasteiger partial charge in [0.15, 0.2) is 11.5 Å². The van der Waals surface area contributed by atoms with Gasteiger partial charge in [-0.2, -0.15) is 0 Å². The third-order valence-corrected chi connectivity index (χ3v) is 4.74. The summed E-state index contributed by atoms with van der Waals surface area (Å²) >= 11 is 0. The Balaban J connectivity index is 1.79. The van der Waals surface area contributed by atoms with Gasteiger partial charge in [-0.25, -0.2) is 4.79 Å². The summed E-state index contributed by atoms with van der Waals surface area (Å²) in [6.45, 7) is 6.45. The molecule has 2 heterocycles. The minimum absolute atomic E-state index is 0.108. The quantitative estimate of drug-likeness (QED) is 0.867. The monoisotopic (exact) mass is 373 g/mol. The van der Waals surface area contributed by atoms with Crippen molar-refractivity contribution < 1.29 is 28.6 Å². The Morgan fingerprint density at radius 1 is 1.15 bits per heavy atom. The second-order valence-corrected chi connectivity index (χ2v) is 7.13. The molecule has 0 aliphatic carbocycles. The van der Waals surface area contributed by atoms with Crippen molar-refractivity contribution in [3.63, 3.8) is 0 Å². The summed E-state index contributed by atoms with van der Waals surface area (Å²) in [5.41, 5.74) is 0.115. The van der Waals surface area contributed by atoms with Crippen LogP contribution in [0.5, 0.6) is 11.5 Å². The molecular formula is C20H23NO6. The first kappa shape index (κ1) is 18.8. The number of benzene rings is 1. The second-order valence-electron chi connectivity index (χ2n) is 7.13. The van der Waals surface area contributed by atoms with Crippen LogP contribution in [0, 0.1) is 6.92 Å². The SMILES string of the molecule is Cc1oc(CN(C)C(=O)C(C)(C)c2ccc3c(c2)OCCO3)cc1C(=O)O. The fourth-order valence-electron chi connectivity index (χ4n) is 3.17. The number of carboxylic acid groups (broad SMARTS) is 1. The van der Waals surface area contributed by atoms with Gasteiger partial charge in [0.05, 0.1) is 12.0 Å². The molecule has 1 amide bonds. The predicted octanol–water partition coefficient (Wildman–Crippen LogP) is 2.99. The maximum atomic E-state index is 13.1. The smallest absolute Gasteiger partial charge is 0.339 e. The molecule has 1 aliphatic heterocycles. The van der Waals surface area contributed by atoms with Gasteiger partial charge in [-0.05, 0) is 44.5 Å². The number of aryl methyl sites for hydroxylation is 1. The number of fused-ring (bicyclic) bond motifs is 1. The number of carbonyl (C=O) groups excluding carboxylic acids is 1. The third-order valence-electron chi connectivity index (χ3n) is 4.74. The average molecular weight is 373 g/mol. The van der Waals surface area contributed by atoms with E-state index in [1.807, 2.05) is 32.0 Å². The average Bonchev–Trinajstić information content (AvgIpc) is 3.00. The zero-order valence-electron chi connectivity index (χ0n) is 15.9. The highest BCUT2D eigenvalue weighted by molar-refractivity contribution is 5.89. The van der Waals surface area contributed by atoms with E-state index in [2.05, 4.69) is 0 Å². The lowest BCUT2D eigenvalue weighted by Crippen LogP contribution is -2.41. The fraction of sp³-hybridized carbons (Fsp3) is 0.400. The molecule has 0 bridgehead atoms. The molecule has 0 saturated carbocycles. The highest BCUT2D eigenvalue weighted by atomic mass is 16.6. The van der Waals surface area contributed by atoms with Crippen LogP contribution in [0.4, 0.5) is 0 Å². The first-order valence-electron chi connectivity index (χ1n) is 8.68. The lowest BCUT2D eigenvalue weighted by atomic mass is 9.83. The molecule has 0 unspecified atom stereocenters. The molecule has 1 N–H and O–H groups in total. The van der Waals surface area contributed by atoms with Crippen molar-refractivity contribution in [1.82, 2.24) is 4.90 Å². The molecule has 0 saturated heterocycles. The van der Waals surface area contributed by atoms with E-state index < -0.39 is 11.4 Å². The van der Waals surface area contributed by atoms with Crippen LogP contribution in [-0.2, 0) is 16.8 Å². The van der Waals surface area contributed by atoms with Gasteiger partial charge in [0.25, 0.3) is 0 Å². The zero-order chi connectivity index (χ0) is 19.8. The normalized spacial score (nSPS) is 13.3. The van der Waals surface area contributed by atoms with Crippen molar-refractivity contribution >= 4 is 11.9 Å². The molecule has 27 heavy (non-hydrogen) atoms. The van der Waals surface area contributed by atoms with E-state index in [0.29, 0.717) is 36.2 Å². The van der Waals surface area contributed by atoms with Crippen LogP contribution in [0.15, 0.2) is 28.7 Å². The Morgan fingerprint density at radius 2 is 1.81 bits per heavy atom. The Labute approximate surface area is 157 Å². The van der Waals surface area contributed by atoms with Gasteiger partial charge in [0, 0.05) is 7.05 Å². The summed E-state index contributed by atoms with van der Waals surface area (Å²) < 4.78 is 16.6. The van der Waals surface area contributed by atoms with Gasteiger partial charge in [0.1, 0.15) is 30.3 Å². The van der Waals surface area contributed by atoms with Gasteiger partial charge in [-0.3, -0.25) is 4.79 Å². The summed E-state index contributed by atoms with van der Waals surface area (Å²) in [6, 6.07) is 6.96. The number of carbonyl (C=O) groups is 2. The molecule has 0 spiro atoms. The van der Waals surface area contributed by atoms with Crippen LogP contribution in [0.3, 0.4) is 0 Å². The summed E-state index contributed by atoms with van der Waals surface area (Å²) in [5.74, 6) is 0.894. The van der Waals surface area contributed by atoms with Crippen molar-refractivity contribution in [2.24, 2.45) is 0 Å². The van der Waals surface area contributed by atoms with Crippen LogP contribution >= 0.6 is 0 Å². The fourth-order valence-corrected chi connectivity index (χ4v) is 3.17. The topological polar surface area (TPSA) is 89.2 Å². The molecular weight excluding hydrogens is 350 g/mol. The number of hydrogen-bond donors (Lipinski definition) is 1. The summed E-state index contributed by atoms with van der Waals surface area (Å²) in [7, 11) is 1.67. The molecule has 0 atom stereocenters. The first-order chi connectivity index (χ1) is 12.7. The molecule has 2 aromatic rings. The lowest BCUT2D eigenvalue weighted by molar-refractivity contribution is -0.135. The maximum Gasteiger partial charge on any atom is 0.339 e. The number of likely N-dealkylation sites (N-methyl/N-ethyl adjacent to an activating group) is 1. The second kappa shape index (κ2) is 6.98. The largest absolute Gasteiger partial charge is 0.486 e. The van der Waals surface area contributed by atoms with Gasteiger partial charge >= 0.3 is 5.97 Å². The molecule has 0 radical (unpaired) electrons. The Bertz CT molecular complexity index is 883. The van der Waals surface area contributed by atoms with Gasteiger partial charge < -0.3 is 23.9 Å². The van der Waals surface area contributed by atoms with E-state index >= 15 is 0 Å².